The molecule has 0 aliphatic carbocycles. The maximum absolute atomic E-state index is 13.0. The average molecular weight is 355 g/mol. The molecule has 1 atom stereocenters. The molecule has 0 radical (unpaired) electrons. The molecule has 1 aromatic heterocycles. The number of pyridine rings is 1. The van der Waals surface area contributed by atoms with Crippen molar-refractivity contribution in [1.29, 1.82) is 0 Å². The molecule has 7 nitrogen and oxygen atoms in total. The average Bonchev–Trinajstić information content (AvgIpc) is 2.63. The molecule has 1 aromatic carbocycles. The second kappa shape index (κ2) is 7.43. The number of carbonyl (C=O) groups is 2. The third-order valence-corrected chi connectivity index (χ3v) is 3.82. The SMILES string of the molecule is CC(C)COC(=O)CN1C(=O)C(c2ccccc2)Oc2ccc(N)nc21. The quantitative estimate of drug-likeness (QED) is 0.827. The van der Waals surface area contributed by atoms with E-state index in [0.717, 1.165) is 0 Å². The highest BCUT2D eigenvalue weighted by Crippen LogP contribution is 2.37. The number of nitrogen functional groups attached to an aromatic ring is 1. The van der Waals surface area contributed by atoms with Crippen molar-refractivity contribution < 1.29 is 19.1 Å². The molecule has 26 heavy (non-hydrogen) atoms. The number of rotatable bonds is 5. The zero-order valence-corrected chi connectivity index (χ0v) is 14.7. The summed E-state index contributed by atoms with van der Waals surface area (Å²) in [7, 11) is 0. The second-order valence-electron chi connectivity index (χ2n) is 6.47. The van der Waals surface area contributed by atoms with Crippen LogP contribution in [0.2, 0.25) is 0 Å². The Balaban J connectivity index is 1.91. The lowest BCUT2D eigenvalue weighted by Crippen LogP contribution is -2.45. The minimum Gasteiger partial charge on any atom is -0.472 e. The summed E-state index contributed by atoms with van der Waals surface area (Å²) in [6, 6.07) is 12.3. The highest BCUT2D eigenvalue weighted by molar-refractivity contribution is 6.02. The molecule has 0 saturated heterocycles. The van der Waals surface area contributed by atoms with Crippen LogP contribution in [-0.2, 0) is 14.3 Å². The van der Waals surface area contributed by atoms with E-state index in [0.29, 0.717) is 11.3 Å². The van der Waals surface area contributed by atoms with Gasteiger partial charge in [-0.25, -0.2) is 4.98 Å². The molecular weight excluding hydrogens is 334 g/mol. The maximum Gasteiger partial charge on any atom is 0.326 e. The van der Waals surface area contributed by atoms with Crippen molar-refractivity contribution in [2.75, 3.05) is 23.8 Å². The summed E-state index contributed by atoms with van der Waals surface area (Å²) in [4.78, 5) is 30.6. The van der Waals surface area contributed by atoms with E-state index in [2.05, 4.69) is 4.98 Å². The number of anilines is 2. The van der Waals surface area contributed by atoms with Crippen LogP contribution >= 0.6 is 0 Å². The highest BCUT2D eigenvalue weighted by Gasteiger charge is 2.38. The van der Waals surface area contributed by atoms with E-state index in [1.165, 1.54) is 4.90 Å². The van der Waals surface area contributed by atoms with E-state index >= 15 is 0 Å². The van der Waals surface area contributed by atoms with Crippen molar-refractivity contribution in [2.45, 2.75) is 20.0 Å². The monoisotopic (exact) mass is 355 g/mol. The normalized spacial score (nSPS) is 16.2. The van der Waals surface area contributed by atoms with Crippen LogP contribution in [0.25, 0.3) is 0 Å². The molecule has 3 rings (SSSR count). The van der Waals surface area contributed by atoms with Crippen molar-refractivity contribution in [2.24, 2.45) is 5.92 Å². The predicted molar refractivity (Wildman–Crippen MR) is 96.6 cm³/mol. The Bertz CT molecular complexity index is 808. The number of carbonyl (C=O) groups excluding carboxylic acids is 2. The van der Waals surface area contributed by atoms with Crippen molar-refractivity contribution in [1.82, 2.24) is 4.98 Å². The van der Waals surface area contributed by atoms with Crippen LogP contribution in [0.15, 0.2) is 42.5 Å². The van der Waals surface area contributed by atoms with Crippen LogP contribution in [0.1, 0.15) is 25.5 Å². The maximum atomic E-state index is 13.0. The topological polar surface area (TPSA) is 94.8 Å². The molecule has 0 fully saturated rings. The summed E-state index contributed by atoms with van der Waals surface area (Å²) < 4.78 is 11.0. The molecule has 1 aliphatic rings. The van der Waals surface area contributed by atoms with Crippen LogP contribution < -0.4 is 15.4 Å². The number of aromatic nitrogens is 1. The number of nitrogens with zero attached hydrogens (tertiary/aromatic N) is 2. The molecule has 0 bridgehead atoms. The van der Waals surface area contributed by atoms with Gasteiger partial charge in [-0.2, -0.15) is 0 Å². The van der Waals surface area contributed by atoms with E-state index in [1.807, 2.05) is 32.0 Å². The summed E-state index contributed by atoms with van der Waals surface area (Å²) in [5, 5.41) is 0. The van der Waals surface area contributed by atoms with Crippen LogP contribution in [0.4, 0.5) is 11.6 Å². The molecule has 1 amide bonds. The molecule has 7 heteroatoms. The van der Waals surface area contributed by atoms with Gasteiger partial charge in [0.2, 0.25) is 6.10 Å². The summed E-state index contributed by atoms with van der Waals surface area (Å²) in [6.45, 7) is 3.92. The van der Waals surface area contributed by atoms with Crippen molar-refractivity contribution in [3.63, 3.8) is 0 Å². The first-order chi connectivity index (χ1) is 12.5. The van der Waals surface area contributed by atoms with Crippen molar-refractivity contribution in [3.8, 4) is 5.75 Å². The molecule has 1 aliphatic heterocycles. The van der Waals surface area contributed by atoms with Gasteiger partial charge in [0.25, 0.3) is 5.91 Å². The number of ether oxygens (including phenoxy) is 2. The molecule has 1 unspecified atom stereocenters. The predicted octanol–water partition coefficient (Wildman–Crippen LogP) is 2.33. The van der Waals surface area contributed by atoms with Gasteiger partial charge >= 0.3 is 5.97 Å². The van der Waals surface area contributed by atoms with E-state index in [1.54, 1.807) is 24.3 Å². The van der Waals surface area contributed by atoms with Gasteiger partial charge in [0, 0.05) is 5.56 Å². The fraction of sp³-hybridized carbons (Fsp3) is 0.316. The zero-order chi connectivity index (χ0) is 18.7. The lowest BCUT2D eigenvalue weighted by molar-refractivity contribution is -0.144. The van der Waals surface area contributed by atoms with Crippen LogP contribution in [0.3, 0.4) is 0 Å². The molecule has 2 heterocycles. The van der Waals surface area contributed by atoms with Crippen LogP contribution in [0.5, 0.6) is 5.75 Å². The lowest BCUT2D eigenvalue weighted by Gasteiger charge is -2.33. The Kier molecular flexibility index (Phi) is 5.06. The van der Waals surface area contributed by atoms with Crippen LogP contribution in [0, 0.1) is 5.92 Å². The Morgan fingerprint density at radius 3 is 2.69 bits per heavy atom. The largest absolute Gasteiger partial charge is 0.472 e. The van der Waals surface area contributed by atoms with Gasteiger partial charge in [-0.15, -0.1) is 0 Å². The molecule has 0 saturated carbocycles. The molecular formula is C19H21N3O4. The minimum atomic E-state index is -0.855. The minimum absolute atomic E-state index is 0.206. The second-order valence-corrected chi connectivity index (χ2v) is 6.47. The Labute approximate surface area is 151 Å². The van der Waals surface area contributed by atoms with Crippen molar-refractivity contribution >= 4 is 23.5 Å². The van der Waals surface area contributed by atoms with Crippen LogP contribution in [-0.4, -0.2) is 30.0 Å². The standard InChI is InChI=1S/C19H21N3O4/c1-12(2)11-25-16(23)10-22-18-14(8-9-15(20)21-18)26-17(19(22)24)13-6-4-3-5-7-13/h3-9,12,17H,10-11H2,1-2H3,(H2,20,21). The fourth-order valence-corrected chi connectivity index (χ4v) is 2.58. The lowest BCUT2D eigenvalue weighted by atomic mass is 10.1. The van der Waals surface area contributed by atoms with Gasteiger partial charge in [0.1, 0.15) is 12.4 Å². The van der Waals surface area contributed by atoms with E-state index < -0.39 is 12.1 Å². The fourth-order valence-electron chi connectivity index (χ4n) is 2.58. The van der Waals surface area contributed by atoms with Gasteiger partial charge in [0.05, 0.1) is 6.61 Å². The van der Waals surface area contributed by atoms with Gasteiger partial charge in [0.15, 0.2) is 11.6 Å². The Morgan fingerprint density at radius 1 is 1.27 bits per heavy atom. The van der Waals surface area contributed by atoms with Gasteiger partial charge in [-0.1, -0.05) is 44.2 Å². The van der Waals surface area contributed by atoms with E-state index in [4.69, 9.17) is 15.2 Å². The number of esters is 1. The summed E-state index contributed by atoms with van der Waals surface area (Å²) in [5.74, 6) is 0.170. The highest BCUT2D eigenvalue weighted by atomic mass is 16.5. The summed E-state index contributed by atoms with van der Waals surface area (Å²) in [6.07, 6.45) is -0.855. The zero-order valence-electron chi connectivity index (χ0n) is 14.7. The number of fused-ring (bicyclic) bond motifs is 1. The number of benzene rings is 1. The Morgan fingerprint density at radius 2 is 2.00 bits per heavy atom. The van der Waals surface area contributed by atoms with Gasteiger partial charge in [-0.3, -0.25) is 14.5 Å². The Hall–Kier alpha value is -3.09. The molecule has 0 spiro atoms. The summed E-state index contributed by atoms with van der Waals surface area (Å²) >= 11 is 0. The smallest absolute Gasteiger partial charge is 0.326 e. The summed E-state index contributed by atoms with van der Waals surface area (Å²) in [5.41, 5.74) is 6.44. The van der Waals surface area contributed by atoms with Crippen molar-refractivity contribution in [3.05, 3.63) is 48.0 Å². The number of amides is 1. The first-order valence-electron chi connectivity index (χ1n) is 8.41. The molecule has 136 valence electrons. The van der Waals surface area contributed by atoms with E-state index in [-0.39, 0.29) is 36.6 Å². The molecule has 2 aromatic rings. The third-order valence-electron chi connectivity index (χ3n) is 3.82. The number of hydrogen-bond donors (Lipinski definition) is 1. The number of hydrogen-bond acceptors (Lipinski definition) is 6. The third kappa shape index (κ3) is 3.77. The van der Waals surface area contributed by atoms with Gasteiger partial charge < -0.3 is 15.2 Å². The van der Waals surface area contributed by atoms with Gasteiger partial charge in [-0.05, 0) is 18.1 Å². The first-order valence-corrected chi connectivity index (χ1v) is 8.41. The first kappa shape index (κ1) is 17.7. The van der Waals surface area contributed by atoms with E-state index in [9.17, 15) is 9.59 Å². The molecule has 2 N–H and O–H groups in total. The number of nitrogens with two attached hydrogens (primary N) is 1.